The summed E-state index contributed by atoms with van der Waals surface area (Å²) < 4.78 is 5.23. The van der Waals surface area contributed by atoms with E-state index in [1.807, 2.05) is 0 Å². The van der Waals surface area contributed by atoms with E-state index in [4.69, 9.17) is 10.6 Å². The van der Waals surface area contributed by atoms with Crippen LogP contribution in [0.4, 0.5) is 5.69 Å². The van der Waals surface area contributed by atoms with Crippen molar-refractivity contribution in [3.05, 3.63) is 24.0 Å². The molecule has 17 heavy (non-hydrogen) atoms. The van der Waals surface area contributed by atoms with Crippen LogP contribution in [0.3, 0.4) is 0 Å². The molecular formula is C11H16N4O2. The van der Waals surface area contributed by atoms with Crippen molar-refractivity contribution in [3.63, 3.8) is 0 Å². The Morgan fingerprint density at radius 1 is 1.71 bits per heavy atom. The molecule has 1 fully saturated rings. The second kappa shape index (κ2) is 5.11. The number of carbonyl (C=O) groups excluding carboxylic acids is 1. The lowest BCUT2D eigenvalue weighted by Crippen LogP contribution is -2.31. The summed E-state index contributed by atoms with van der Waals surface area (Å²) in [7, 11) is 1.66. The van der Waals surface area contributed by atoms with Gasteiger partial charge < -0.3 is 15.1 Å². The van der Waals surface area contributed by atoms with E-state index in [0.717, 1.165) is 6.42 Å². The monoisotopic (exact) mass is 236 g/mol. The van der Waals surface area contributed by atoms with Crippen LogP contribution >= 0.6 is 0 Å². The van der Waals surface area contributed by atoms with Gasteiger partial charge in [-0.3, -0.25) is 15.6 Å². The van der Waals surface area contributed by atoms with Crippen molar-refractivity contribution >= 4 is 11.6 Å². The number of nitrogens with two attached hydrogens (primary N) is 1. The maximum atomic E-state index is 12.2. The van der Waals surface area contributed by atoms with Crippen LogP contribution in [0.1, 0.15) is 16.8 Å². The fraction of sp³-hybridized carbons (Fsp3) is 0.455. The van der Waals surface area contributed by atoms with Gasteiger partial charge in [0, 0.05) is 32.6 Å². The van der Waals surface area contributed by atoms with Crippen LogP contribution in [0, 0.1) is 0 Å². The Morgan fingerprint density at radius 2 is 2.53 bits per heavy atom. The number of methoxy groups -OCH3 is 1. The number of carbonyl (C=O) groups is 1. The number of anilines is 1. The summed E-state index contributed by atoms with van der Waals surface area (Å²) >= 11 is 0. The van der Waals surface area contributed by atoms with E-state index >= 15 is 0 Å². The number of rotatable bonds is 3. The molecule has 0 radical (unpaired) electrons. The summed E-state index contributed by atoms with van der Waals surface area (Å²) in [5.41, 5.74) is 3.59. The van der Waals surface area contributed by atoms with Gasteiger partial charge in [-0.1, -0.05) is 0 Å². The maximum absolute atomic E-state index is 12.2. The minimum absolute atomic E-state index is 0.0643. The molecule has 1 amide bonds. The van der Waals surface area contributed by atoms with E-state index in [1.54, 1.807) is 24.3 Å². The van der Waals surface area contributed by atoms with E-state index in [2.05, 4.69) is 10.4 Å². The topological polar surface area (TPSA) is 80.5 Å². The molecule has 1 aliphatic rings. The minimum Gasteiger partial charge on any atom is -0.380 e. The molecule has 1 saturated heterocycles. The Bertz CT molecular complexity index is 410. The third-order valence-electron chi connectivity index (χ3n) is 2.97. The molecule has 1 atom stereocenters. The van der Waals surface area contributed by atoms with Gasteiger partial charge in [-0.2, -0.15) is 0 Å². The van der Waals surface area contributed by atoms with E-state index in [1.165, 1.54) is 6.20 Å². The van der Waals surface area contributed by atoms with Gasteiger partial charge in [-0.15, -0.1) is 0 Å². The molecule has 6 nitrogen and oxygen atoms in total. The summed E-state index contributed by atoms with van der Waals surface area (Å²) in [5.74, 6) is 5.30. The lowest BCUT2D eigenvalue weighted by Gasteiger charge is -2.17. The zero-order valence-electron chi connectivity index (χ0n) is 9.72. The summed E-state index contributed by atoms with van der Waals surface area (Å²) in [6, 6.07) is 1.68. The van der Waals surface area contributed by atoms with Crippen molar-refractivity contribution in [3.8, 4) is 0 Å². The van der Waals surface area contributed by atoms with Crippen molar-refractivity contribution in [2.75, 3.05) is 25.6 Å². The Kier molecular flexibility index (Phi) is 3.55. The number of hydrogen-bond donors (Lipinski definition) is 2. The molecular weight excluding hydrogens is 220 g/mol. The first-order valence-electron chi connectivity index (χ1n) is 5.49. The second-order valence-corrected chi connectivity index (χ2v) is 3.96. The molecule has 1 unspecified atom stereocenters. The molecule has 0 spiro atoms. The molecule has 3 N–H and O–H groups in total. The van der Waals surface area contributed by atoms with E-state index < -0.39 is 0 Å². The number of hydrazine groups is 1. The highest BCUT2D eigenvalue weighted by molar-refractivity contribution is 5.99. The molecule has 0 aromatic carbocycles. The number of nitrogens with one attached hydrogen (secondary N) is 1. The Labute approximate surface area is 99.7 Å². The fourth-order valence-electron chi connectivity index (χ4n) is 1.97. The first kappa shape index (κ1) is 11.8. The Balaban J connectivity index is 2.15. The normalized spacial score (nSPS) is 19.4. The summed E-state index contributed by atoms with van der Waals surface area (Å²) in [6.45, 7) is 1.32. The predicted molar refractivity (Wildman–Crippen MR) is 63.4 cm³/mol. The van der Waals surface area contributed by atoms with Crippen molar-refractivity contribution < 1.29 is 9.53 Å². The Hall–Kier alpha value is -1.66. The first-order chi connectivity index (χ1) is 8.26. The van der Waals surface area contributed by atoms with Gasteiger partial charge in [-0.25, -0.2) is 0 Å². The number of aromatic nitrogens is 1. The van der Waals surface area contributed by atoms with Crippen LogP contribution in [0.5, 0.6) is 0 Å². The number of hydrogen-bond acceptors (Lipinski definition) is 5. The van der Waals surface area contributed by atoms with Crippen molar-refractivity contribution in [2.24, 2.45) is 5.84 Å². The molecule has 1 aliphatic heterocycles. The lowest BCUT2D eigenvalue weighted by atomic mass is 10.2. The van der Waals surface area contributed by atoms with Gasteiger partial charge in [0.15, 0.2) is 0 Å². The van der Waals surface area contributed by atoms with Gasteiger partial charge in [-0.05, 0) is 12.5 Å². The third kappa shape index (κ3) is 2.37. The van der Waals surface area contributed by atoms with Crippen LogP contribution in [-0.2, 0) is 4.74 Å². The van der Waals surface area contributed by atoms with Crippen molar-refractivity contribution in [1.82, 2.24) is 9.88 Å². The average Bonchev–Trinajstić information content (AvgIpc) is 2.86. The van der Waals surface area contributed by atoms with Crippen LogP contribution < -0.4 is 11.3 Å². The zero-order chi connectivity index (χ0) is 12.3. The summed E-state index contributed by atoms with van der Waals surface area (Å²) in [4.78, 5) is 17.9. The molecule has 1 aromatic heterocycles. The highest BCUT2D eigenvalue weighted by Gasteiger charge is 2.27. The van der Waals surface area contributed by atoms with Crippen molar-refractivity contribution in [1.29, 1.82) is 0 Å². The van der Waals surface area contributed by atoms with Crippen LogP contribution in [-0.4, -0.2) is 42.1 Å². The molecule has 92 valence electrons. The first-order valence-corrected chi connectivity index (χ1v) is 5.49. The maximum Gasteiger partial charge on any atom is 0.257 e. The van der Waals surface area contributed by atoms with Crippen LogP contribution in [0.2, 0.25) is 0 Å². The summed E-state index contributed by atoms with van der Waals surface area (Å²) in [6.07, 6.45) is 4.12. The lowest BCUT2D eigenvalue weighted by molar-refractivity contribution is 0.0724. The van der Waals surface area contributed by atoms with Gasteiger partial charge in [0.25, 0.3) is 5.91 Å². The van der Waals surface area contributed by atoms with Gasteiger partial charge in [0.1, 0.15) is 0 Å². The highest BCUT2D eigenvalue weighted by Crippen LogP contribution is 2.19. The molecule has 0 aliphatic carbocycles. The quantitative estimate of drug-likeness (QED) is 0.580. The van der Waals surface area contributed by atoms with Crippen molar-refractivity contribution in [2.45, 2.75) is 12.5 Å². The number of pyridine rings is 1. The molecule has 2 heterocycles. The highest BCUT2D eigenvalue weighted by atomic mass is 16.5. The molecule has 2 rings (SSSR count). The van der Waals surface area contributed by atoms with E-state index in [9.17, 15) is 4.79 Å². The smallest absolute Gasteiger partial charge is 0.257 e. The SMILES string of the molecule is COC1CCN(C(=O)c2cnccc2NN)C1. The second-order valence-electron chi connectivity index (χ2n) is 3.96. The van der Waals surface area contributed by atoms with Crippen LogP contribution in [0.15, 0.2) is 18.5 Å². The van der Waals surface area contributed by atoms with Gasteiger partial charge in [0.2, 0.25) is 0 Å². The number of nitrogen functional groups attached to an aromatic ring is 1. The van der Waals surface area contributed by atoms with Gasteiger partial charge in [0.05, 0.1) is 17.4 Å². The van der Waals surface area contributed by atoms with Gasteiger partial charge >= 0.3 is 0 Å². The molecule has 6 heteroatoms. The third-order valence-corrected chi connectivity index (χ3v) is 2.97. The summed E-state index contributed by atoms with van der Waals surface area (Å²) in [5, 5.41) is 0. The zero-order valence-corrected chi connectivity index (χ0v) is 9.72. The molecule has 0 bridgehead atoms. The number of ether oxygens (including phenoxy) is 1. The Morgan fingerprint density at radius 3 is 3.18 bits per heavy atom. The molecule has 0 saturated carbocycles. The molecule has 1 aromatic rings. The average molecular weight is 236 g/mol. The van der Waals surface area contributed by atoms with Crippen LogP contribution in [0.25, 0.3) is 0 Å². The van der Waals surface area contributed by atoms with E-state index in [0.29, 0.717) is 24.3 Å². The largest absolute Gasteiger partial charge is 0.380 e. The number of amides is 1. The number of likely N-dealkylation sites (tertiary alicyclic amines) is 1. The standard InChI is InChI=1S/C11H16N4O2/c1-17-8-3-5-15(7-8)11(16)9-6-13-4-2-10(9)14-12/h2,4,6,8H,3,5,7,12H2,1H3,(H,13,14). The fourth-order valence-corrected chi connectivity index (χ4v) is 1.97. The van der Waals surface area contributed by atoms with E-state index in [-0.39, 0.29) is 12.0 Å². The minimum atomic E-state index is -0.0643. The number of nitrogens with zero attached hydrogens (tertiary/aromatic N) is 2. The predicted octanol–water partition coefficient (Wildman–Crippen LogP) is 0.228.